The van der Waals surface area contributed by atoms with Gasteiger partial charge in [0.15, 0.2) is 0 Å². The predicted molar refractivity (Wildman–Crippen MR) is 70.0 cm³/mol. The monoisotopic (exact) mass is 319 g/mol. The van der Waals surface area contributed by atoms with E-state index in [-0.39, 0.29) is 22.2 Å². The van der Waals surface area contributed by atoms with Gasteiger partial charge in [-0.1, -0.05) is 0 Å². The summed E-state index contributed by atoms with van der Waals surface area (Å²) in [6, 6.07) is 4.12. The molecule has 1 N–H and O–H groups in total. The molecule has 1 heterocycles. The van der Waals surface area contributed by atoms with Crippen molar-refractivity contribution in [3.63, 3.8) is 0 Å². The average molecular weight is 319 g/mol. The number of hydrogen-bond donors (Lipinski definition) is 1. The lowest BCUT2D eigenvalue weighted by Gasteiger charge is -2.21. The summed E-state index contributed by atoms with van der Waals surface area (Å²) in [5, 5.41) is 9.03. The Labute approximate surface area is 122 Å². The maximum absolute atomic E-state index is 12.2. The molecule has 1 amide bonds. The molecule has 0 unspecified atom stereocenters. The van der Waals surface area contributed by atoms with Crippen molar-refractivity contribution >= 4 is 23.6 Å². The van der Waals surface area contributed by atoms with Crippen LogP contribution in [0.3, 0.4) is 0 Å². The SMILES string of the molecule is O=C(O)[C@H]1CCCN1C(=O)c1ccc(SC(F)(F)F)cc1. The van der Waals surface area contributed by atoms with Gasteiger partial charge < -0.3 is 10.0 Å². The quantitative estimate of drug-likeness (QED) is 0.870. The van der Waals surface area contributed by atoms with Crippen LogP contribution in [0.1, 0.15) is 23.2 Å². The zero-order chi connectivity index (χ0) is 15.6. The number of carbonyl (C=O) groups excluding carboxylic acids is 1. The molecule has 1 atom stereocenters. The minimum Gasteiger partial charge on any atom is -0.480 e. The molecule has 114 valence electrons. The molecule has 0 radical (unpaired) electrons. The summed E-state index contributed by atoms with van der Waals surface area (Å²) >= 11 is -0.260. The Morgan fingerprint density at radius 1 is 1.24 bits per heavy atom. The van der Waals surface area contributed by atoms with Gasteiger partial charge in [-0.05, 0) is 48.9 Å². The van der Waals surface area contributed by atoms with E-state index in [4.69, 9.17) is 5.11 Å². The third-order valence-corrected chi connectivity index (χ3v) is 3.87. The van der Waals surface area contributed by atoms with Crippen LogP contribution in [0.4, 0.5) is 13.2 Å². The average Bonchev–Trinajstić information content (AvgIpc) is 2.86. The van der Waals surface area contributed by atoms with Crippen LogP contribution >= 0.6 is 11.8 Å². The standard InChI is InChI=1S/C13H12F3NO3S/c14-13(15,16)21-9-5-3-8(4-6-9)11(18)17-7-1-2-10(17)12(19)20/h3-6,10H,1-2,7H2,(H,19,20)/t10-/m1/s1. The highest BCUT2D eigenvalue weighted by atomic mass is 32.2. The Morgan fingerprint density at radius 3 is 2.38 bits per heavy atom. The van der Waals surface area contributed by atoms with Crippen molar-refractivity contribution in [1.82, 2.24) is 4.90 Å². The van der Waals surface area contributed by atoms with Crippen LogP contribution < -0.4 is 0 Å². The Balaban J connectivity index is 2.11. The second kappa shape index (κ2) is 5.97. The summed E-state index contributed by atoms with van der Waals surface area (Å²) in [7, 11) is 0. The summed E-state index contributed by atoms with van der Waals surface area (Å²) in [4.78, 5) is 24.5. The first-order chi connectivity index (χ1) is 9.78. The van der Waals surface area contributed by atoms with E-state index in [0.717, 1.165) is 0 Å². The highest BCUT2D eigenvalue weighted by molar-refractivity contribution is 8.00. The number of carbonyl (C=O) groups is 2. The van der Waals surface area contributed by atoms with E-state index in [1.807, 2.05) is 0 Å². The molecular weight excluding hydrogens is 307 g/mol. The van der Waals surface area contributed by atoms with E-state index in [1.54, 1.807) is 0 Å². The lowest BCUT2D eigenvalue weighted by Crippen LogP contribution is -2.40. The van der Waals surface area contributed by atoms with Crippen LogP contribution in [-0.4, -0.2) is 40.0 Å². The van der Waals surface area contributed by atoms with Gasteiger partial charge in [0.2, 0.25) is 0 Å². The number of carboxylic acids is 1. The number of rotatable bonds is 3. The number of alkyl halides is 3. The van der Waals surface area contributed by atoms with E-state index in [0.29, 0.717) is 19.4 Å². The Bertz CT molecular complexity index is 545. The molecule has 1 saturated heterocycles. The largest absolute Gasteiger partial charge is 0.480 e. The van der Waals surface area contributed by atoms with Crippen LogP contribution in [0.5, 0.6) is 0 Å². The normalized spacial score (nSPS) is 18.8. The highest BCUT2D eigenvalue weighted by Crippen LogP contribution is 2.36. The van der Waals surface area contributed by atoms with Crippen molar-refractivity contribution in [1.29, 1.82) is 0 Å². The predicted octanol–water partition coefficient (Wildman–Crippen LogP) is 2.99. The molecule has 1 aliphatic heterocycles. The van der Waals surface area contributed by atoms with Gasteiger partial charge in [0.05, 0.1) is 0 Å². The van der Waals surface area contributed by atoms with Crippen LogP contribution in [0.15, 0.2) is 29.2 Å². The fourth-order valence-electron chi connectivity index (χ4n) is 2.23. The topological polar surface area (TPSA) is 57.6 Å². The van der Waals surface area contributed by atoms with Crippen molar-refractivity contribution < 1.29 is 27.9 Å². The molecule has 8 heteroatoms. The van der Waals surface area contributed by atoms with Crippen molar-refractivity contribution in [2.45, 2.75) is 29.3 Å². The fourth-order valence-corrected chi connectivity index (χ4v) is 2.77. The molecule has 1 fully saturated rings. The molecule has 1 aromatic carbocycles. The van der Waals surface area contributed by atoms with Crippen molar-refractivity contribution in [2.24, 2.45) is 0 Å². The van der Waals surface area contributed by atoms with Gasteiger partial charge >= 0.3 is 11.5 Å². The number of thioether (sulfide) groups is 1. The molecular formula is C13H12F3NO3S. The molecule has 0 saturated carbocycles. The maximum atomic E-state index is 12.2. The summed E-state index contributed by atoms with van der Waals surface area (Å²) in [5.74, 6) is -1.53. The van der Waals surface area contributed by atoms with E-state index in [1.165, 1.54) is 29.2 Å². The first-order valence-electron chi connectivity index (χ1n) is 6.17. The van der Waals surface area contributed by atoms with E-state index >= 15 is 0 Å². The molecule has 1 aromatic rings. The number of likely N-dealkylation sites (tertiary alicyclic amines) is 1. The summed E-state index contributed by atoms with van der Waals surface area (Å²) in [6.07, 6.45) is 0.994. The van der Waals surface area contributed by atoms with Gasteiger partial charge in [0, 0.05) is 17.0 Å². The second-order valence-corrected chi connectivity index (χ2v) is 5.71. The zero-order valence-corrected chi connectivity index (χ0v) is 11.6. The minimum absolute atomic E-state index is 0.0183. The molecule has 0 aliphatic carbocycles. The molecule has 21 heavy (non-hydrogen) atoms. The van der Waals surface area contributed by atoms with Crippen molar-refractivity contribution in [3.8, 4) is 0 Å². The smallest absolute Gasteiger partial charge is 0.446 e. The van der Waals surface area contributed by atoms with Crippen LogP contribution in [0.2, 0.25) is 0 Å². The number of carboxylic acid groups (broad SMARTS) is 1. The van der Waals surface area contributed by atoms with Crippen LogP contribution in [0.25, 0.3) is 0 Å². The molecule has 2 rings (SSSR count). The van der Waals surface area contributed by atoms with Crippen LogP contribution in [0, 0.1) is 0 Å². The Morgan fingerprint density at radius 2 is 1.86 bits per heavy atom. The van der Waals surface area contributed by atoms with Gasteiger partial charge in [0.25, 0.3) is 5.91 Å². The molecule has 0 bridgehead atoms. The van der Waals surface area contributed by atoms with Gasteiger partial charge in [-0.25, -0.2) is 4.79 Å². The summed E-state index contributed by atoms with van der Waals surface area (Å²) in [5.41, 5.74) is -4.19. The van der Waals surface area contributed by atoms with Crippen molar-refractivity contribution in [3.05, 3.63) is 29.8 Å². The van der Waals surface area contributed by atoms with Gasteiger partial charge in [-0.15, -0.1) is 0 Å². The maximum Gasteiger partial charge on any atom is 0.446 e. The number of aliphatic carboxylic acids is 1. The van der Waals surface area contributed by atoms with E-state index < -0.39 is 23.4 Å². The molecule has 0 aromatic heterocycles. The number of hydrogen-bond acceptors (Lipinski definition) is 3. The van der Waals surface area contributed by atoms with E-state index in [9.17, 15) is 22.8 Å². The summed E-state index contributed by atoms with van der Waals surface area (Å²) < 4.78 is 36.6. The van der Waals surface area contributed by atoms with Gasteiger partial charge in [-0.2, -0.15) is 13.2 Å². The zero-order valence-electron chi connectivity index (χ0n) is 10.8. The number of halogens is 3. The van der Waals surface area contributed by atoms with Crippen LogP contribution in [-0.2, 0) is 4.79 Å². The molecule has 4 nitrogen and oxygen atoms in total. The molecule has 1 aliphatic rings. The van der Waals surface area contributed by atoms with Gasteiger partial charge in [-0.3, -0.25) is 4.79 Å². The minimum atomic E-state index is -4.38. The molecule has 0 spiro atoms. The summed E-state index contributed by atoms with van der Waals surface area (Å²) in [6.45, 7) is 0.342. The first-order valence-corrected chi connectivity index (χ1v) is 6.99. The number of amides is 1. The first kappa shape index (κ1) is 15.7. The number of benzene rings is 1. The van der Waals surface area contributed by atoms with Crippen molar-refractivity contribution in [2.75, 3.05) is 6.54 Å². The second-order valence-electron chi connectivity index (χ2n) is 4.57. The Kier molecular flexibility index (Phi) is 4.46. The lowest BCUT2D eigenvalue weighted by atomic mass is 10.1. The fraction of sp³-hybridized carbons (Fsp3) is 0.385. The highest BCUT2D eigenvalue weighted by Gasteiger charge is 2.34. The Hall–Kier alpha value is -1.70. The third kappa shape index (κ3) is 3.90. The lowest BCUT2D eigenvalue weighted by molar-refractivity contribution is -0.141. The van der Waals surface area contributed by atoms with E-state index in [2.05, 4.69) is 0 Å². The van der Waals surface area contributed by atoms with Gasteiger partial charge in [0.1, 0.15) is 6.04 Å². The number of nitrogens with zero attached hydrogens (tertiary/aromatic N) is 1. The third-order valence-electron chi connectivity index (χ3n) is 3.13.